The molecule has 4 heteroatoms. The topological polar surface area (TPSA) is 35.2 Å². The normalized spacial score (nSPS) is 10.6. The second-order valence-corrected chi connectivity index (χ2v) is 5.08. The number of rotatable bonds is 5. The molecule has 2 aromatic carbocycles. The number of hydrogen-bond donors (Lipinski definition) is 1. The highest BCUT2D eigenvalue weighted by atomic mass is 35.5. The van der Waals surface area contributed by atoms with Gasteiger partial charge in [0.25, 0.3) is 0 Å². The average Bonchev–Trinajstić information content (AvgIpc) is 2.40. The van der Waals surface area contributed by atoms with Crippen LogP contribution in [0.5, 0.6) is 5.75 Å². The van der Waals surface area contributed by atoms with E-state index in [2.05, 4.69) is 0 Å². The summed E-state index contributed by atoms with van der Waals surface area (Å²) in [6, 6.07) is 10.3. The Hall–Kier alpha value is -1.58. The first-order chi connectivity index (χ1) is 9.60. The zero-order valence-corrected chi connectivity index (χ0v) is 12.1. The molecular formula is C16H17ClFNO. The van der Waals surface area contributed by atoms with Gasteiger partial charge in [0.2, 0.25) is 0 Å². The molecule has 0 aliphatic carbocycles. The summed E-state index contributed by atoms with van der Waals surface area (Å²) in [6.07, 6.45) is 0.578. The average molecular weight is 294 g/mol. The number of benzene rings is 2. The Morgan fingerprint density at radius 2 is 1.95 bits per heavy atom. The number of hydrogen-bond acceptors (Lipinski definition) is 2. The Bertz CT molecular complexity index is 601. The second-order valence-electron chi connectivity index (χ2n) is 4.67. The molecule has 2 nitrogen and oxygen atoms in total. The van der Waals surface area contributed by atoms with E-state index < -0.39 is 0 Å². The van der Waals surface area contributed by atoms with Gasteiger partial charge >= 0.3 is 0 Å². The Morgan fingerprint density at radius 1 is 1.15 bits per heavy atom. The Labute approximate surface area is 123 Å². The zero-order chi connectivity index (χ0) is 14.5. The first-order valence-corrected chi connectivity index (χ1v) is 6.84. The maximum atomic E-state index is 13.2. The molecule has 20 heavy (non-hydrogen) atoms. The molecular weight excluding hydrogens is 277 g/mol. The van der Waals surface area contributed by atoms with Gasteiger partial charge in [-0.05, 0) is 55.3 Å². The highest BCUT2D eigenvalue weighted by molar-refractivity contribution is 6.31. The molecule has 0 aliphatic heterocycles. The maximum absolute atomic E-state index is 13.2. The predicted octanol–water partition coefficient (Wildman–Crippen LogP) is 3.87. The standard InChI is InChI=1S/C16H17ClFNO/c1-11-2-3-13(15(17)8-11)10-20-16-5-4-14(18)9-12(16)6-7-19/h2-5,8-9H,6-7,10,19H2,1H3. The summed E-state index contributed by atoms with van der Waals surface area (Å²) in [7, 11) is 0. The van der Waals surface area contributed by atoms with Crippen molar-refractivity contribution in [1.29, 1.82) is 0 Å². The Morgan fingerprint density at radius 3 is 2.65 bits per heavy atom. The van der Waals surface area contributed by atoms with Crippen LogP contribution >= 0.6 is 11.6 Å². The quantitative estimate of drug-likeness (QED) is 0.908. The van der Waals surface area contributed by atoms with Gasteiger partial charge in [0, 0.05) is 10.6 Å². The van der Waals surface area contributed by atoms with Crippen LogP contribution in [0.1, 0.15) is 16.7 Å². The molecule has 0 spiro atoms. The lowest BCUT2D eigenvalue weighted by molar-refractivity contribution is 0.302. The van der Waals surface area contributed by atoms with Crippen LogP contribution in [0.2, 0.25) is 5.02 Å². The SMILES string of the molecule is Cc1ccc(COc2ccc(F)cc2CCN)c(Cl)c1. The minimum atomic E-state index is -0.283. The molecule has 2 N–H and O–H groups in total. The number of aryl methyl sites for hydroxylation is 1. The second kappa shape index (κ2) is 6.73. The summed E-state index contributed by atoms with van der Waals surface area (Å²) < 4.78 is 19.0. The molecule has 106 valence electrons. The zero-order valence-electron chi connectivity index (χ0n) is 11.3. The van der Waals surface area contributed by atoms with Crippen molar-refractivity contribution in [3.63, 3.8) is 0 Å². The van der Waals surface area contributed by atoms with Crippen molar-refractivity contribution in [2.75, 3.05) is 6.54 Å². The third kappa shape index (κ3) is 3.71. The van der Waals surface area contributed by atoms with E-state index in [1.54, 1.807) is 6.07 Å². The smallest absolute Gasteiger partial charge is 0.123 e. The molecule has 0 radical (unpaired) electrons. The predicted molar refractivity (Wildman–Crippen MR) is 79.7 cm³/mol. The van der Waals surface area contributed by atoms with Crippen LogP contribution in [-0.4, -0.2) is 6.54 Å². The van der Waals surface area contributed by atoms with Crippen molar-refractivity contribution in [3.05, 3.63) is 63.9 Å². The Kier molecular flexibility index (Phi) is 4.99. The molecule has 0 aliphatic rings. The first kappa shape index (κ1) is 14.8. The van der Waals surface area contributed by atoms with Gasteiger partial charge in [-0.2, -0.15) is 0 Å². The fraction of sp³-hybridized carbons (Fsp3) is 0.250. The highest BCUT2D eigenvalue weighted by Crippen LogP contribution is 2.24. The van der Waals surface area contributed by atoms with E-state index in [1.165, 1.54) is 12.1 Å². The minimum Gasteiger partial charge on any atom is -0.489 e. The van der Waals surface area contributed by atoms with Crippen LogP contribution in [0.3, 0.4) is 0 Å². The lowest BCUT2D eigenvalue weighted by Gasteiger charge is -2.12. The van der Waals surface area contributed by atoms with Gasteiger partial charge in [0.05, 0.1) is 0 Å². The summed E-state index contributed by atoms with van der Waals surface area (Å²) in [4.78, 5) is 0. The minimum absolute atomic E-state index is 0.283. The van der Waals surface area contributed by atoms with Crippen LogP contribution < -0.4 is 10.5 Å². The molecule has 0 aromatic heterocycles. The van der Waals surface area contributed by atoms with Crippen LogP contribution in [0.4, 0.5) is 4.39 Å². The van der Waals surface area contributed by atoms with Gasteiger partial charge in [-0.25, -0.2) is 4.39 Å². The number of halogens is 2. The van der Waals surface area contributed by atoms with Crippen molar-refractivity contribution < 1.29 is 9.13 Å². The summed E-state index contributed by atoms with van der Waals surface area (Å²) in [6.45, 7) is 2.78. The summed E-state index contributed by atoms with van der Waals surface area (Å²) >= 11 is 6.16. The highest BCUT2D eigenvalue weighted by Gasteiger charge is 2.07. The lowest BCUT2D eigenvalue weighted by atomic mass is 10.1. The van der Waals surface area contributed by atoms with Crippen molar-refractivity contribution in [1.82, 2.24) is 0 Å². The maximum Gasteiger partial charge on any atom is 0.123 e. The number of nitrogens with two attached hydrogens (primary N) is 1. The van der Waals surface area contributed by atoms with Crippen molar-refractivity contribution in [2.24, 2.45) is 5.73 Å². The van der Waals surface area contributed by atoms with Gasteiger partial charge in [0.1, 0.15) is 18.2 Å². The van der Waals surface area contributed by atoms with E-state index in [9.17, 15) is 4.39 Å². The van der Waals surface area contributed by atoms with Crippen LogP contribution in [0.15, 0.2) is 36.4 Å². The molecule has 0 saturated carbocycles. The van der Waals surface area contributed by atoms with E-state index in [0.29, 0.717) is 30.3 Å². The van der Waals surface area contributed by atoms with Gasteiger partial charge in [0.15, 0.2) is 0 Å². The van der Waals surface area contributed by atoms with Crippen LogP contribution in [0.25, 0.3) is 0 Å². The van der Waals surface area contributed by atoms with E-state index in [4.69, 9.17) is 22.1 Å². The molecule has 0 bridgehead atoms. The van der Waals surface area contributed by atoms with E-state index >= 15 is 0 Å². The van der Waals surface area contributed by atoms with E-state index in [-0.39, 0.29) is 5.82 Å². The monoisotopic (exact) mass is 293 g/mol. The third-order valence-electron chi connectivity index (χ3n) is 3.03. The molecule has 2 rings (SSSR count). The fourth-order valence-electron chi connectivity index (χ4n) is 1.96. The van der Waals surface area contributed by atoms with Crippen molar-refractivity contribution in [2.45, 2.75) is 20.0 Å². The molecule has 0 saturated heterocycles. The van der Waals surface area contributed by atoms with Crippen molar-refractivity contribution in [3.8, 4) is 5.75 Å². The van der Waals surface area contributed by atoms with Crippen LogP contribution in [-0.2, 0) is 13.0 Å². The first-order valence-electron chi connectivity index (χ1n) is 6.46. The van der Waals surface area contributed by atoms with E-state index in [1.807, 2.05) is 25.1 Å². The number of ether oxygens (including phenoxy) is 1. The molecule has 0 atom stereocenters. The van der Waals surface area contributed by atoms with Gasteiger partial charge in [-0.15, -0.1) is 0 Å². The molecule has 0 unspecified atom stereocenters. The van der Waals surface area contributed by atoms with Gasteiger partial charge in [-0.1, -0.05) is 23.7 Å². The van der Waals surface area contributed by atoms with Crippen molar-refractivity contribution >= 4 is 11.6 Å². The van der Waals surface area contributed by atoms with Crippen LogP contribution in [0, 0.1) is 12.7 Å². The molecule has 2 aromatic rings. The summed E-state index contributed by atoms with van der Waals surface area (Å²) in [5.41, 5.74) is 8.31. The molecule has 0 amide bonds. The lowest BCUT2D eigenvalue weighted by Crippen LogP contribution is -2.06. The van der Waals surface area contributed by atoms with Gasteiger partial charge < -0.3 is 10.5 Å². The largest absolute Gasteiger partial charge is 0.489 e. The summed E-state index contributed by atoms with van der Waals surface area (Å²) in [5.74, 6) is 0.364. The Balaban J connectivity index is 2.14. The van der Waals surface area contributed by atoms with Gasteiger partial charge in [-0.3, -0.25) is 0 Å². The third-order valence-corrected chi connectivity index (χ3v) is 3.38. The van der Waals surface area contributed by atoms with E-state index in [0.717, 1.165) is 16.7 Å². The molecule has 0 fully saturated rings. The summed E-state index contributed by atoms with van der Waals surface area (Å²) in [5, 5.41) is 0.674. The fourth-order valence-corrected chi connectivity index (χ4v) is 2.25. The molecule has 0 heterocycles.